The van der Waals surface area contributed by atoms with Crippen molar-refractivity contribution in [3.8, 4) is 11.5 Å². The second kappa shape index (κ2) is 7.92. The number of nitrogens with zero attached hydrogens (tertiary/aromatic N) is 2. The van der Waals surface area contributed by atoms with Gasteiger partial charge in [-0.1, -0.05) is 24.3 Å². The van der Waals surface area contributed by atoms with Gasteiger partial charge in [-0.3, -0.25) is 4.79 Å². The number of para-hydroxylation sites is 2. The molecule has 132 valence electrons. The van der Waals surface area contributed by atoms with E-state index in [-0.39, 0.29) is 5.91 Å². The molecular weight excluding hydrogens is 316 g/mol. The van der Waals surface area contributed by atoms with Gasteiger partial charge in [0.2, 0.25) is 5.91 Å². The van der Waals surface area contributed by atoms with E-state index in [4.69, 9.17) is 9.47 Å². The summed E-state index contributed by atoms with van der Waals surface area (Å²) >= 11 is 0. The molecular formula is C20H24N2O3. The number of hydrogen-bond donors (Lipinski definition) is 0. The van der Waals surface area contributed by atoms with Crippen LogP contribution in [0.5, 0.6) is 11.5 Å². The third-order valence-electron chi connectivity index (χ3n) is 4.55. The van der Waals surface area contributed by atoms with Crippen molar-refractivity contribution in [2.24, 2.45) is 0 Å². The first kappa shape index (κ1) is 17.1. The quantitative estimate of drug-likeness (QED) is 0.839. The highest BCUT2D eigenvalue weighted by Crippen LogP contribution is 2.28. The standard InChI is InChI=1S/C20H24N2O3/c1-24-17-7-5-6-16(14-17)15-20(23)22-12-10-21(11-13-22)18-8-3-4-9-19(18)25-2/h3-9,14H,10-13,15H2,1-2H3. The highest BCUT2D eigenvalue weighted by atomic mass is 16.5. The minimum absolute atomic E-state index is 0.160. The van der Waals surface area contributed by atoms with E-state index in [0.29, 0.717) is 6.42 Å². The Bertz CT molecular complexity index is 724. The number of carbonyl (C=O) groups excluding carboxylic acids is 1. The molecule has 1 saturated heterocycles. The molecule has 0 unspecified atom stereocenters. The van der Waals surface area contributed by atoms with Crippen molar-refractivity contribution in [2.75, 3.05) is 45.3 Å². The van der Waals surface area contributed by atoms with Gasteiger partial charge in [-0.05, 0) is 29.8 Å². The highest BCUT2D eigenvalue weighted by molar-refractivity contribution is 5.79. The van der Waals surface area contributed by atoms with E-state index in [2.05, 4.69) is 11.0 Å². The van der Waals surface area contributed by atoms with Crippen LogP contribution in [-0.4, -0.2) is 51.2 Å². The fourth-order valence-electron chi connectivity index (χ4n) is 3.16. The number of ether oxygens (including phenoxy) is 2. The van der Waals surface area contributed by atoms with Crippen LogP contribution in [0.3, 0.4) is 0 Å². The first-order valence-corrected chi connectivity index (χ1v) is 8.50. The molecule has 0 spiro atoms. The first-order chi connectivity index (χ1) is 12.2. The summed E-state index contributed by atoms with van der Waals surface area (Å²) in [6.45, 7) is 3.07. The number of methoxy groups -OCH3 is 2. The molecule has 0 atom stereocenters. The summed E-state index contributed by atoms with van der Waals surface area (Å²) in [5.74, 6) is 1.82. The van der Waals surface area contributed by atoms with Crippen molar-refractivity contribution >= 4 is 11.6 Å². The lowest BCUT2D eigenvalue weighted by molar-refractivity contribution is -0.130. The van der Waals surface area contributed by atoms with Crippen LogP contribution in [0.2, 0.25) is 0 Å². The summed E-state index contributed by atoms with van der Waals surface area (Å²) in [6, 6.07) is 15.7. The van der Waals surface area contributed by atoms with Crippen LogP contribution in [0.1, 0.15) is 5.56 Å². The Morgan fingerprint density at radius 3 is 2.44 bits per heavy atom. The molecule has 0 aliphatic carbocycles. The van der Waals surface area contributed by atoms with E-state index in [1.165, 1.54) is 0 Å². The third-order valence-corrected chi connectivity index (χ3v) is 4.55. The second-order valence-electron chi connectivity index (χ2n) is 6.07. The van der Waals surface area contributed by atoms with Gasteiger partial charge in [0.05, 0.1) is 26.3 Å². The first-order valence-electron chi connectivity index (χ1n) is 8.50. The number of benzene rings is 2. The number of carbonyl (C=O) groups is 1. The average molecular weight is 340 g/mol. The van der Waals surface area contributed by atoms with Gasteiger partial charge in [-0.15, -0.1) is 0 Å². The molecule has 2 aromatic rings. The monoisotopic (exact) mass is 340 g/mol. The minimum Gasteiger partial charge on any atom is -0.497 e. The smallest absolute Gasteiger partial charge is 0.227 e. The number of amides is 1. The summed E-state index contributed by atoms with van der Waals surface area (Å²) < 4.78 is 10.7. The van der Waals surface area contributed by atoms with Gasteiger partial charge in [0, 0.05) is 26.2 Å². The van der Waals surface area contributed by atoms with Crippen molar-refractivity contribution in [1.29, 1.82) is 0 Å². The van der Waals surface area contributed by atoms with Crippen molar-refractivity contribution < 1.29 is 14.3 Å². The Labute approximate surface area is 148 Å². The van der Waals surface area contributed by atoms with Gasteiger partial charge in [0.1, 0.15) is 11.5 Å². The van der Waals surface area contributed by atoms with Gasteiger partial charge < -0.3 is 19.3 Å². The van der Waals surface area contributed by atoms with Crippen molar-refractivity contribution in [3.63, 3.8) is 0 Å². The summed E-state index contributed by atoms with van der Waals surface area (Å²) in [4.78, 5) is 16.8. The maximum absolute atomic E-state index is 12.6. The molecule has 2 aromatic carbocycles. The lowest BCUT2D eigenvalue weighted by Crippen LogP contribution is -2.49. The minimum atomic E-state index is 0.160. The normalized spacial score (nSPS) is 14.3. The molecule has 1 aliphatic heterocycles. The zero-order chi connectivity index (χ0) is 17.6. The number of hydrogen-bond acceptors (Lipinski definition) is 4. The molecule has 0 N–H and O–H groups in total. The molecule has 5 heteroatoms. The summed E-state index contributed by atoms with van der Waals surface area (Å²) in [5, 5.41) is 0. The van der Waals surface area contributed by atoms with Crippen molar-refractivity contribution in [2.45, 2.75) is 6.42 Å². The molecule has 1 amide bonds. The lowest BCUT2D eigenvalue weighted by atomic mass is 10.1. The van der Waals surface area contributed by atoms with Crippen LogP contribution < -0.4 is 14.4 Å². The number of piperazine rings is 1. The lowest BCUT2D eigenvalue weighted by Gasteiger charge is -2.36. The zero-order valence-corrected chi connectivity index (χ0v) is 14.8. The van der Waals surface area contributed by atoms with Crippen LogP contribution in [0.25, 0.3) is 0 Å². The van der Waals surface area contributed by atoms with E-state index in [9.17, 15) is 4.79 Å². The fourth-order valence-corrected chi connectivity index (χ4v) is 3.16. The maximum atomic E-state index is 12.6. The van der Waals surface area contributed by atoms with E-state index in [1.54, 1.807) is 14.2 Å². The molecule has 0 bridgehead atoms. The number of rotatable bonds is 5. The number of anilines is 1. The molecule has 1 fully saturated rings. The molecule has 5 nitrogen and oxygen atoms in total. The predicted octanol–water partition coefficient (Wildman–Crippen LogP) is 2.60. The molecule has 0 radical (unpaired) electrons. The Kier molecular flexibility index (Phi) is 5.43. The van der Waals surface area contributed by atoms with E-state index in [1.807, 2.05) is 47.4 Å². The van der Waals surface area contributed by atoms with Gasteiger partial charge >= 0.3 is 0 Å². The van der Waals surface area contributed by atoms with E-state index < -0.39 is 0 Å². The molecule has 1 heterocycles. The van der Waals surface area contributed by atoms with Gasteiger partial charge in [-0.25, -0.2) is 0 Å². The van der Waals surface area contributed by atoms with Gasteiger partial charge in [-0.2, -0.15) is 0 Å². The predicted molar refractivity (Wildman–Crippen MR) is 98.5 cm³/mol. The van der Waals surface area contributed by atoms with Crippen molar-refractivity contribution in [3.05, 3.63) is 54.1 Å². The van der Waals surface area contributed by atoms with Crippen molar-refractivity contribution in [1.82, 2.24) is 4.90 Å². The Morgan fingerprint density at radius 2 is 1.72 bits per heavy atom. The molecule has 0 aromatic heterocycles. The van der Waals surface area contributed by atoms with E-state index in [0.717, 1.165) is 48.9 Å². The summed E-state index contributed by atoms with van der Waals surface area (Å²) in [5.41, 5.74) is 2.07. The zero-order valence-electron chi connectivity index (χ0n) is 14.8. The molecule has 3 rings (SSSR count). The average Bonchev–Trinajstić information content (AvgIpc) is 2.68. The molecule has 0 saturated carbocycles. The summed E-state index contributed by atoms with van der Waals surface area (Å²) in [7, 11) is 3.32. The largest absolute Gasteiger partial charge is 0.497 e. The van der Waals surface area contributed by atoms with Gasteiger partial charge in [0.25, 0.3) is 0 Å². The Balaban J connectivity index is 1.59. The Hall–Kier alpha value is -2.69. The molecule has 1 aliphatic rings. The van der Waals surface area contributed by atoms with Crippen LogP contribution >= 0.6 is 0 Å². The third kappa shape index (κ3) is 4.05. The van der Waals surface area contributed by atoms with Gasteiger partial charge in [0.15, 0.2) is 0 Å². The molecule has 25 heavy (non-hydrogen) atoms. The Morgan fingerprint density at radius 1 is 0.960 bits per heavy atom. The fraction of sp³-hybridized carbons (Fsp3) is 0.350. The maximum Gasteiger partial charge on any atom is 0.227 e. The van der Waals surface area contributed by atoms with Crippen LogP contribution in [0.4, 0.5) is 5.69 Å². The van der Waals surface area contributed by atoms with E-state index >= 15 is 0 Å². The van der Waals surface area contributed by atoms with Crippen LogP contribution in [-0.2, 0) is 11.2 Å². The SMILES string of the molecule is COc1cccc(CC(=O)N2CCN(c3ccccc3OC)CC2)c1. The topological polar surface area (TPSA) is 42.0 Å². The second-order valence-corrected chi connectivity index (χ2v) is 6.07. The van der Waals surface area contributed by atoms with Crippen LogP contribution in [0, 0.1) is 0 Å². The highest BCUT2D eigenvalue weighted by Gasteiger charge is 2.22. The summed E-state index contributed by atoms with van der Waals surface area (Å²) in [6.07, 6.45) is 0.409. The van der Waals surface area contributed by atoms with Crippen LogP contribution in [0.15, 0.2) is 48.5 Å².